The molecule has 8 heteroatoms. The normalized spacial score (nSPS) is 24.3. The van der Waals surface area contributed by atoms with E-state index in [4.69, 9.17) is 0 Å². The lowest BCUT2D eigenvalue weighted by molar-refractivity contribution is -0.144. The Kier molecular flexibility index (Phi) is 5.29. The molecular formula is C19H31N5O3. The van der Waals surface area contributed by atoms with Gasteiger partial charge in [0.2, 0.25) is 11.8 Å². The van der Waals surface area contributed by atoms with Crippen molar-refractivity contribution in [1.82, 2.24) is 25.2 Å². The van der Waals surface area contributed by atoms with Crippen molar-refractivity contribution in [2.75, 3.05) is 6.54 Å². The summed E-state index contributed by atoms with van der Waals surface area (Å²) in [5, 5.41) is 21.5. The molecule has 3 atom stereocenters. The molecule has 2 fully saturated rings. The maximum atomic E-state index is 13.5. The van der Waals surface area contributed by atoms with Crippen LogP contribution >= 0.6 is 0 Å². The highest BCUT2D eigenvalue weighted by Gasteiger charge is 2.45. The molecule has 8 nitrogen and oxygen atoms in total. The third-order valence-electron chi connectivity index (χ3n) is 5.14. The van der Waals surface area contributed by atoms with Crippen LogP contribution in [0, 0.1) is 5.41 Å². The molecule has 0 radical (unpaired) electrons. The van der Waals surface area contributed by atoms with Crippen molar-refractivity contribution >= 4 is 11.8 Å². The van der Waals surface area contributed by atoms with Crippen molar-refractivity contribution in [3.8, 4) is 0 Å². The number of nitrogens with one attached hydrogen (secondary N) is 1. The molecule has 1 saturated heterocycles. The van der Waals surface area contributed by atoms with Crippen LogP contribution in [0.4, 0.5) is 0 Å². The first-order valence-corrected chi connectivity index (χ1v) is 9.78. The van der Waals surface area contributed by atoms with Gasteiger partial charge in [0.15, 0.2) is 0 Å². The zero-order chi connectivity index (χ0) is 19.9. The molecule has 27 heavy (non-hydrogen) atoms. The molecule has 0 bridgehead atoms. The summed E-state index contributed by atoms with van der Waals surface area (Å²) in [6.07, 6.45) is 3.65. The Morgan fingerprint density at radius 3 is 2.52 bits per heavy atom. The summed E-state index contributed by atoms with van der Waals surface area (Å²) in [5.41, 5.74) is 0.505. The van der Waals surface area contributed by atoms with Crippen LogP contribution in [0.1, 0.15) is 71.5 Å². The highest BCUT2D eigenvalue weighted by atomic mass is 16.3. The second-order valence-corrected chi connectivity index (χ2v) is 9.23. The van der Waals surface area contributed by atoms with Gasteiger partial charge in [0.05, 0.1) is 11.8 Å². The number of aliphatic hydroxyl groups is 1. The number of aromatic nitrogens is 3. The van der Waals surface area contributed by atoms with Gasteiger partial charge in [-0.3, -0.25) is 9.59 Å². The number of β-amino-alcohol motifs (C(OH)–C–C–N with tert-alkyl or cyclic N) is 1. The summed E-state index contributed by atoms with van der Waals surface area (Å²) in [5.74, 6) is 0.0302. The van der Waals surface area contributed by atoms with Crippen LogP contribution in [0.3, 0.4) is 0 Å². The Morgan fingerprint density at radius 1 is 1.30 bits per heavy atom. The quantitative estimate of drug-likeness (QED) is 0.804. The fourth-order valence-electron chi connectivity index (χ4n) is 3.71. The molecule has 0 aromatic carbocycles. The number of aliphatic hydroxyl groups excluding tert-OH is 1. The van der Waals surface area contributed by atoms with Crippen LogP contribution in [0.15, 0.2) is 6.20 Å². The Morgan fingerprint density at radius 2 is 1.96 bits per heavy atom. The standard InChI is InChI=1S/C19H31N5O3/c1-11(2)20-17(26)15-8-13(25)9-23(15)18(27)16(19(3,4)5)24-10-14(21-22-24)12-6-7-12/h10-13,15-16,25H,6-9H2,1-5H3,(H,20,26)/t13-,15+,16-/m1/s1. The zero-order valence-corrected chi connectivity index (χ0v) is 16.8. The number of likely N-dealkylation sites (tertiary alicyclic amines) is 1. The van der Waals surface area contributed by atoms with Crippen LogP contribution in [-0.4, -0.2) is 61.5 Å². The summed E-state index contributed by atoms with van der Waals surface area (Å²) in [6.45, 7) is 9.84. The number of carbonyl (C=O) groups is 2. The Balaban J connectivity index is 1.86. The van der Waals surface area contributed by atoms with Crippen molar-refractivity contribution in [3.63, 3.8) is 0 Å². The lowest BCUT2D eigenvalue weighted by Crippen LogP contribution is -2.51. The van der Waals surface area contributed by atoms with Gasteiger partial charge in [0.25, 0.3) is 0 Å². The van der Waals surface area contributed by atoms with E-state index in [1.807, 2.05) is 40.8 Å². The predicted octanol–water partition coefficient (Wildman–Crippen LogP) is 1.23. The molecule has 1 aliphatic carbocycles. The van der Waals surface area contributed by atoms with E-state index in [1.165, 1.54) is 4.90 Å². The second-order valence-electron chi connectivity index (χ2n) is 9.23. The average Bonchev–Trinajstić information content (AvgIpc) is 3.14. The molecule has 2 aliphatic rings. The zero-order valence-electron chi connectivity index (χ0n) is 16.8. The monoisotopic (exact) mass is 377 g/mol. The van der Waals surface area contributed by atoms with E-state index in [-0.39, 0.29) is 30.8 Å². The first kappa shape index (κ1) is 19.8. The molecule has 0 spiro atoms. The van der Waals surface area contributed by atoms with E-state index in [2.05, 4.69) is 15.6 Å². The number of hydrogen-bond donors (Lipinski definition) is 2. The SMILES string of the molecule is CC(C)NC(=O)[C@@H]1C[C@@H](O)CN1C(=O)[C@@H](n1cc(C2CC2)nn1)C(C)(C)C. The smallest absolute Gasteiger partial charge is 0.248 e. The fourth-order valence-corrected chi connectivity index (χ4v) is 3.71. The van der Waals surface area contributed by atoms with Crippen molar-refractivity contribution in [2.24, 2.45) is 5.41 Å². The maximum absolute atomic E-state index is 13.5. The van der Waals surface area contributed by atoms with Gasteiger partial charge in [-0.2, -0.15) is 0 Å². The largest absolute Gasteiger partial charge is 0.391 e. The van der Waals surface area contributed by atoms with E-state index in [0.29, 0.717) is 5.92 Å². The van der Waals surface area contributed by atoms with E-state index in [0.717, 1.165) is 18.5 Å². The fraction of sp³-hybridized carbons (Fsp3) is 0.789. The van der Waals surface area contributed by atoms with Crippen LogP contribution in [0.5, 0.6) is 0 Å². The molecule has 3 rings (SSSR count). The van der Waals surface area contributed by atoms with E-state index < -0.39 is 23.6 Å². The lowest BCUT2D eigenvalue weighted by Gasteiger charge is -2.34. The van der Waals surface area contributed by atoms with Gasteiger partial charge >= 0.3 is 0 Å². The van der Waals surface area contributed by atoms with E-state index >= 15 is 0 Å². The van der Waals surface area contributed by atoms with Gasteiger partial charge < -0.3 is 15.3 Å². The second kappa shape index (κ2) is 7.22. The number of hydrogen-bond acceptors (Lipinski definition) is 5. The topological polar surface area (TPSA) is 100 Å². The van der Waals surface area contributed by atoms with Gasteiger partial charge in [0.1, 0.15) is 12.1 Å². The summed E-state index contributed by atoms with van der Waals surface area (Å²) >= 11 is 0. The molecule has 2 amide bonds. The summed E-state index contributed by atoms with van der Waals surface area (Å²) in [7, 11) is 0. The van der Waals surface area contributed by atoms with Gasteiger partial charge in [0, 0.05) is 31.1 Å². The molecular weight excluding hydrogens is 346 g/mol. The van der Waals surface area contributed by atoms with Crippen molar-refractivity contribution in [2.45, 2.75) is 84.0 Å². The third-order valence-corrected chi connectivity index (χ3v) is 5.14. The minimum Gasteiger partial charge on any atom is -0.391 e. The minimum absolute atomic E-state index is 0.0259. The molecule has 0 unspecified atom stereocenters. The van der Waals surface area contributed by atoms with Gasteiger partial charge in [-0.1, -0.05) is 26.0 Å². The van der Waals surface area contributed by atoms with Crippen molar-refractivity contribution in [1.29, 1.82) is 0 Å². The Labute approximate surface area is 160 Å². The first-order valence-electron chi connectivity index (χ1n) is 9.78. The number of rotatable bonds is 5. The molecule has 1 aromatic rings. The Bertz CT molecular complexity index is 704. The molecule has 150 valence electrons. The summed E-state index contributed by atoms with van der Waals surface area (Å²) < 4.78 is 1.64. The molecule has 2 N–H and O–H groups in total. The van der Waals surface area contributed by atoms with Gasteiger partial charge in [-0.05, 0) is 32.1 Å². The predicted molar refractivity (Wildman–Crippen MR) is 99.9 cm³/mol. The van der Waals surface area contributed by atoms with Gasteiger partial charge in [-0.25, -0.2) is 4.68 Å². The molecule has 1 aromatic heterocycles. The van der Waals surface area contributed by atoms with Crippen LogP contribution in [0.2, 0.25) is 0 Å². The first-order chi connectivity index (χ1) is 12.6. The van der Waals surface area contributed by atoms with E-state index in [1.54, 1.807) is 4.68 Å². The van der Waals surface area contributed by atoms with Crippen LogP contribution in [0.25, 0.3) is 0 Å². The van der Waals surface area contributed by atoms with E-state index in [9.17, 15) is 14.7 Å². The minimum atomic E-state index is -0.699. The average molecular weight is 377 g/mol. The number of amides is 2. The highest BCUT2D eigenvalue weighted by molar-refractivity contribution is 5.90. The van der Waals surface area contributed by atoms with Gasteiger partial charge in [-0.15, -0.1) is 5.10 Å². The number of nitrogens with zero attached hydrogens (tertiary/aromatic N) is 4. The van der Waals surface area contributed by atoms with Crippen LogP contribution in [-0.2, 0) is 9.59 Å². The summed E-state index contributed by atoms with van der Waals surface area (Å²) in [4.78, 5) is 27.6. The molecule has 2 heterocycles. The highest BCUT2D eigenvalue weighted by Crippen LogP contribution is 2.40. The Hall–Kier alpha value is -1.96. The number of carbonyl (C=O) groups excluding carboxylic acids is 2. The third kappa shape index (κ3) is 4.31. The molecule has 1 aliphatic heterocycles. The van der Waals surface area contributed by atoms with Crippen LogP contribution < -0.4 is 5.32 Å². The maximum Gasteiger partial charge on any atom is 0.248 e. The van der Waals surface area contributed by atoms with Crippen molar-refractivity contribution in [3.05, 3.63) is 11.9 Å². The summed E-state index contributed by atoms with van der Waals surface area (Å²) in [6, 6.07) is -1.27. The lowest BCUT2D eigenvalue weighted by atomic mass is 9.85. The van der Waals surface area contributed by atoms with Crippen molar-refractivity contribution < 1.29 is 14.7 Å². The molecule has 1 saturated carbocycles.